The minimum atomic E-state index is 0.160. The molecule has 2 heterocycles. The summed E-state index contributed by atoms with van der Waals surface area (Å²) in [7, 11) is 0. The van der Waals surface area contributed by atoms with Crippen LogP contribution in [0, 0.1) is 0 Å². The normalized spacial score (nSPS) is 22.7. The lowest BCUT2D eigenvalue weighted by atomic mass is 9.98. The number of nitrogens with zero attached hydrogens (tertiary/aromatic N) is 3. The third-order valence-electron chi connectivity index (χ3n) is 5.23. The van der Waals surface area contributed by atoms with Gasteiger partial charge in [0, 0.05) is 11.2 Å². The summed E-state index contributed by atoms with van der Waals surface area (Å²) in [6.45, 7) is 2.26. The van der Waals surface area contributed by atoms with E-state index >= 15 is 0 Å². The standard InChI is InChI=1S/C21H26N4/c1-2-3-4-5-13-21(19-15-16-10-6-7-11-17(16)22-19)25-20-14-9-8-12-18(20)23-24-25/h6-12,14-15,18,20-22H,2-5,13H2,1H3. The summed E-state index contributed by atoms with van der Waals surface area (Å²) in [4.78, 5) is 3.62. The van der Waals surface area contributed by atoms with Gasteiger partial charge in [0.05, 0.1) is 12.1 Å². The molecule has 0 saturated heterocycles. The van der Waals surface area contributed by atoms with Crippen LogP contribution < -0.4 is 0 Å². The molecule has 1 aliphatic heterocycles. The number of benzene rings is 1. The summed E-state index contributed by atoms with van der Waals surface area (Å²) in [5.74, 6) is 0. The van der Waals surface area contributed by atoms with Crippen LogP contribution in [0.25, 0.3) is 10.9 Å². The first-order valence-electron chi connectivity index (χ1n) is 9.48. The van der Waals surface area contributed by atoms with Gasteiger partial charge in [-0.2, -0.15) is 5.11 Å². The summed E-state index contributed by atoms with van der Waals surface area (Å²) < 4.78 is 0. The molecule has 25 heavy (non-hydrogen) atoms. The van der Waals surface area contributed by atoms with Crippen molar-refractivity contribution in [3.63, 3.8) is 0 Å². The number of hydrogen-bond acceptors (Lipinski definition) is 3. The molecule has 1 aliphatic carbocycles. The highest BCUT2D eigenvalue weighted by atomic mass is 15.6. The van der Waals surface area contributed by atoms with Crippen molar-refractivity contribution in [2.75, 3.05) is 0 Å². The van der Waals surface area contributed by atoms with Gasteiger partial charge in [-0.25, -0.2) is 0 Å². The number of unbranched alkanes of at least 4 members (excludes halogenated alkanes) is 3. The van der Waals surface area contributed by atoms with Crippen LogP contribution in [0.15, 0.2) is 65.0 Å². The molecule has 0 radical (unpaired) electrons. The fraction of sp³-hybridized carbons (Fsp3) is 0.429. The van der Waals surface area contributed by atoms with Gasteiger partial charge in [-0.15, -0.1) is 0 Å². The minimum Gasteiger partial charge on any atom is -0.357 e. The average molecular weight is 334 g/mol. The SMILES string of the molecule is CCCCCCC(c1cc2ccccc2[nH]1)N1N=NC2C=CC=CC21. The number of para-hydroxylation sites is 1. The lowest BCUT2D eigenvalue weighted by molar-refractivity contribution is 0.168. The Morgan fingerprint density at radius 1 is 1.12 bits per heavy atom. The van der Waals surface area contributed by atoms with Crippen LogP contribution in [0.1, 0.15) is 50.8 Å². The van der Waals surface area contributed by atoms with E-state index in [1.54, 1.807) is 0 Å². The van der Waals surface area contributed by atoms with Gasteiger partial charge in [0.15, 0.2) is 0 Å². The summed E-state index contributed by atoms with van der Waals surface area (Å²) in [5, 5.41) is 12.5. The number of allylic oxidation sites excluding steroid dienone is 2. The average Bonchev–Trinajstić information content (AvgIpc) is 3.26. The quantitative estimate of drug-likeness (QED) is 0.646. The van der Waals surface area contributed by atoms with Gasteiger partial charge in [0.2, 0.25) is 0 Å². The van der Waals surface area contributed by atoms with E-state index in [9.17, 15) is 0 Å². The second-order valence-electron chi connectivity index (χ2n) is 7.01. The number of aromatic nitrogens is 1. The van der Waals surface area contributed by atoms with Crippen LogP contribution in [-0.2, 0) is 0 Å². The second kappa shape index (κ2) is 7.26. The van der Waals surface area contributed by atoms with Gasteiger partial charge < -0.3 is 4.98 Å². The van der Waals surface area contributed by atoms with Crippen LogP contribution in [0.4, 0.5) is 0 Å². The predicted molar refractivity (Wildman–Crippen MR) is 102 cm³/mol. The van der Waals surface area contributed by atoms with E-state index in [1.165, 1.54) is 42.3 Å². The molecule has 1 aromatic carbocycles. The minimum absolute atomic E-state index is 0.160. The third kappa shape index (κ3) is 3.26. The topological polar surface area (TPSA) is 43.8 Å². The van der Waals surface area contributed by atoms with Crippen LogP contribution in [-0.4, -0.2) is 22.1 Å². The van der Waals surface area contributed by atoms with E-state index in [0.717, 1.165) is 6.42 Å². The van der Waals surface area contributed by atoms with Gasteiger partial charge in [-0.1, -0.05) is 80.3 Å². The monoisotopic (exact) mass is 334 g/mol. The maximum atomic E-state index is 4.56. The molecular formula is C21H26N4. The maximum absolute atomic E-state index is 4.56. The second-order valence-corrected chi connectivity index (χ2v) is 7.01. The third-order valence-corrected chi connectivity index (χ3v) is 5.23. The Bertz CT molecular complexity index is 768. The van der Waals surface area contributed by atoms with Crippen LogP contribution in [0.2, 0.25) is 0 Å². The highest BCUT2D eigenvalue weighted by Crippen LogP contribution is 2.36. The lowest BCUT2D eigenvalue weighted by Gasteiger charge is -2.31. The van der Waals surface area contributed by atoms with Gasteiger partial charge in [-0.05, 0) is 23.9 Å². The molecule has 3 atom stereocenters. The van der Waals surface area contributed by atoms with Gasteiger partial charge in [0.1, 0.15) is 6.04 Å². The van der Waals surface area contributed by atoms with Crippen molar-refractivity contribution in [3.8, 4) is 0 Å². The van der Waals surface area contributed by atoms with E-state index in [4.69, 9.17) is 0 Å². The molecule has 1 N–H and O–H groups in total. The molecule has 1 aromatic heterocycles. The number of aromatic amines is 1. The van der Waals surface area contributed by atoms with Crippen molar-refractivity contribution in [1.82, 2.24) is 9.99 Å². The molecule has 4 nitrogen and oxygen atoms in total. The Balaban J connectivity index is 1.60. The number of nitrogens with one attached hydrogen (secondary N) is 1. The molecule has 0 fully saturated rings. The number of H-pyrrole nitrogens is 1. The maximum Gasteiger partial charge on any atom is 0.117 e. The highest BCUT2D eigenvalue weighted by Gasteiger charge is 2.35. The molecule has 2 aromatic rings. The Kier molecular flexibility index (Phi) is 4.68. The zero-order chi connectivity index (χ0) is 17.1. The Morgan fingerprint density at radius 2 is 2.00 bits per heavy atom. The first-order valence-corrected chi connectivity index (χ1v) is 9.48. The Hall–Kier alpha value is -2.36. The van der Waals surface area contributed by atoms with E-state index in [1.807, 2.05) is 0 Å². The van der Waals surface area contributed by atoms with Crippen molar-refractivity contribution in [1.29, 1.82) is 0 Å². The fourth-order valence-electron chi connectivity index (χ4n) is 3.85. The first-order chi connectivity index (χ1) is 12.4. The first kappa shape index (κ1) is 16.1. The molecule has 3 unspecified atom stereocenters. The molecule has 0 amide bonds. The molecule has 0 saturated carbocycles. The van der Waals surface area contributed by atoms with Crippen molar-refractivity contribution < 1.29 is 0 Å². The number of fused-ring (bicyclic) bond motifs is 2. The molecule has 4 rings (SSSR count). The zero-order valence-electron chi connectivity index (χ0n) is 14.8. The van der Waals surface area contributed by atoms with Gasteiger partial charge in [-0.3, -0.25) is 5.01 Å². The van der Waals surface area contributed by atoms with Crippen LogP contribution in [0.5, 0.6) is 0 Å². The zero-order valence-corrected chi connectivity index (χ0v) is 14.8. The highest BCUT2D eigenvalue weighted by molar-refractivity contribution is 5.80. The van der Waals surface area contributed by atoms with Gasteiger partial charge >= 0.3 is 0 Å². The number of hydrogen-bond donors (Lipinski definition) is 1. The molecule has 0 bridgehead atoms. The fourth-order valence-corrected chi connectivity index (χ4v) is 3.85. The Labute approximate surface area is 149 Å². The molecule has 130 valence electrons. The summed E-state index contributed by atoms with van der Waals surface area (Å²) in [5.41, 5.74) is 2.45. The molecule has 0 spiro atoms. The van der Waals surface area contributed by atoms with Crippen molar-refractivity contribution >= 4 is 10.9 Å². The van der Waals surface area contributed by atoms with E-state index < -0.39 is 0 Å². The Morgan fingerprint density at radius 3 is 2.88 bits per heavy atom. The van der Waals surface area contributed by atoms with Crippen molar-refractivity contribution in [2.45, 2.75) is 57.2 Å². The van der Waals surface area contributed by atoms with Crippen molar-refractivity contribution in [2.24, 2.45) is 10.3 Å². The van der Waals surface area contributed by atoms with E-state index in [-0.39, 0.29) is 18.1 Å². The molecular weight excluding hydrogens is 308 g/mol. The lowest BCUT2D eigenvalue weighted by Crippen LogP contribution is -2.36. The summed E-state index contributed by atoms with van der Waals surface area (Å²) >= 11 is 0. The van der Waals surface area contributed by atoms with Crippen LogP contribution >= 0.6 is 0 Å². The van der Waals surface area contributed by atoms with Crippen molar-refractivity contribution in [3.05, 3.63) is 60.3 Å². The smallest absolute Gasteiger partial charge is 0.117 e. The largest absolute Gasteiger partial charge is 0.357 e. The van der Waals surface area contributed by atoms with Crippen LogP contribution in [0.3, 0.4) is 0 Å². The summed E-state index contributed by atoms with van der Waals surface area (Å²) in [6.07, 6.45) is 14.7. The number of rotatable bonds is 7. The van der Waals surface area contributed by atoms with E-state index in [2.05, 4.69) is 81.9 Å². The molecule has 4 heteroatoms. The van der Waals surface area contributed by atoms with E-state index in [0.29, 0.717) is 0 Å². The summed E-state index contributed by atoms with van der Waals surface area (Å²) in [6, 6.07) is 11.4. The predicted octanol–water partition coefficient (Wildman–Crippen LogP) is 5.73. The van der Waals surface area contributed by atoms with Gasteiger partial charge in [0.25, 0.3) is 0 Å². The molecule has 2 aliphatic rings.